The molecule has 8 heteroatoms. The third-order valence-corrected chi connectivity index (χ3v) is 6.49. The Hall–Kier alpha value is -1.06. The van der Waals surface area contributed by atoms with Gasteiger partial charge in [-0.1, -0.05) is 38.5 Å². The number of carbonyl (C=O) groups excluding carboxylic acids is 2. The first-order valence-electron chi connectivity index (χ1n) is 11.8. The van der Waals surface area contributed by atoms with Crippen molar-refractivity contribution in [3.05, 3.63) is 0 Å². The van der Waals surface area contributed by atoms with Crippen LogP contribution in [-0.2, 0) is 9.59 Å². The molecule has 2 aliphatic carbocycles. The highest BCUT2D eigenvalue weighted by Crippen LogP contribution is 2.26. The molecule has 1 saturated heterocycles. The van der Waals surface area contributed by atoms with Crippen LogP contribution in [-0.4, -0.2) is 60.9 Å². The van der Waals surface area contributed by atoms with E-state index in [2.05, 4.69) is 20.9 Å². The number of halogens is 1. The predicted octanol–water partition coefficient (Wildman–Crippen LogP) is 2.79. The van der Waals surface area contributed by atoms with Crippen LogP contribution in [0.2, 0.25) is 0 Å². The number of guanidine groups is 1. The summed E-state index contributed by atoms with van der Waals surface area (Å²) in [6.07, 6.45) is 12.5. The zero-order valence-electron chi connectivity index (χ0n) is 18.5. The largest absolute Gasteiger partial charge is 0.357 e. The first-order valence-corrected chi connectivity index (χ1v) is 11.8. The molecule has 3 fully saturated rings. The van der Waals surface area contributed by atoms with Gasteiger partial charge in [-0.3, -0.25) is 9.59 Å². The number of nitrogens with one attached hydrogen (secondary N) is 3. The van der Waals surface area contributed by atoms with E-state index < -0.39 is 0 Å². The summed E-state index contributed by atoms with van der Waals surface area (Å²) in [5, 5.41) is 9.77. The van der Waals surface area contributed by atoms with Gasteiger partial charge in [-0.25, -0.2) is 4.99 Å². The highest BCUT2D eigenvalue weighted by molar-refractivity contribution is 14.0. The second-order valence-electron chi connectivity index (χ2n) is 8.85. The lowest BCUT2D eigenvalue weighted by Gasteiger charge is -2.26. The summed E-state index contributed by atoms with van der Waals surface area (Å²) >= 11 is 0. The Bertz CT molecular complexity index is 574. The van der Waals surface area contributed by atoms with Crippen molar-refractivity contribution >= 4 is 41.8 Å². The lowest BCUT2D eigenvalue weighted by atomic mass is 9.88. The van der Waals surface area contributed by atoms with E-state index in [0.29, 0.717) is 17.9 Å². The van der Waals surface area contributed by atoms with Crippen molar-refractivity contribution < 1.29 is 9.59 Å². The van der Waals surface area contributed by atoms with E-state index in [9.17, 15) is 9.59 Å². The van der Waals surface area contributed by atoms with Crippen LogP contribution in [0.4, 0.5) is 0 Å². The van der Waals surface area contributed by atoms with E-state index in [1.807, 2.05) is 11.8 Å². The molecule has 1 heterocycles. The summed E-state index contributed by atoms with van der Waals surface area (Å²) in [4.78, 5) is 31.5. The Morgan fingerprint density at radius 2 is 1.57 bits per heavy atom. The van der Waals surface area contributed by atoms with Crippen LogP contribution in [0.1, 0.15) is 77.6 Å². The third-order valence-electron chi connectivity index (χ3n) is 6.49. The van der Waals surface area contributed by atoms with Gasteiger partial charge in [-0.15, -0.1) is 24.0 Å². The Labute approximate surface area is 198 Å². The zero-order valence-corrected chi connectivity index (χ0v) is 20.8. The van der Waals surface area contributed by atoms with E-state index >= 15 is 0 Å². The van der Waals surface area contributed by atoms with E-state index in [1.54, 1.807) is 0 Å². The van der Waals surface area contributed by atoms with Crippen LogP contribution in [0, 0.1) is 5.92 Å². The number of likely N-dealkylation sites (tertiary alicyclic amines) is 1. The second-order valence-corrected chi connectivity index (χ2v) is 8.85. The van der Waals surface area contributed by atoms with Crippen LogP contribution in [0.25, 0.3) is 0 Å². The highest BCUT2D eigenvalue weighted by atomic mass is 127. The van der Waals surface area contributed by atoms with E-state index in [4.69, 9.17) is 0 Å². The van der Waals surface area contributed by atoms with Crippen molar-refractivity contribution in [2.24, 2.45) is 10.9 Å². The van der Waals surface area contributed by atoms with Crippen LogP contribution in [0.5, 0.6) is 0 Å². The third kappa shape index (κ3) is 7.89. The fourth-order valence-electron chi connectivity index (χ4n) is 4.87. The molecule has 7 nitrogen and oxygen atoms in total. The number of nitrogens with zero attached hydrogens (tertiary/aromatic N) is 2. The molecular formula is C22H40IN5O2. The molecular weight excluding hydrogens is 493 g/mol. The maximum Gasteiger partial charge on any atom is 0.242 e. The predicted molar refractivity (Wildman–Crippen MR) is 131 cm³/mol. The minimum Gasteiger partial charge on any atom is -0.357 e. The maximum absolute atomic E-state index is 12.8. The molecule has 0 spiro atoms. The molecule has 172 valence electrons. The SMILES string of the molecule is CCNC(=NCC(=O)NC1CCCCC1)NC1CCN(C(=O)C2CCCCC2)C1.I. The van der Waals surface area contributed by atoms with Crippen molar-refractivity contribution in [2.45, 2.75) is 89.6 Å². The Kier molecular flexibility index (Phi) is 11.2. The highest BCUT2D eigenvalue weighted by Gasteiger charge is 2.31. The molecule has 3 rings (SSSR count). The van der Waals surface area contributed by atoms with Crippen LogP contribution < -0.4 is 16.0 Å². The second kappa shape index (κ2) is 13.4. The first-order chi connectivity index (χ1) is 14.2. The van der Waals surface area contributed by atoms with Crippen molar-refractivity contribution in [3.8, 4) is 0 Å². The number of hydrogen-bond acceptors (Lipinski definition) is 3. The minimum atomic E-state index is -0.00497. The Morgan fingerprint density at radius 1 is 0.900 bits per heavy atom. The molecule has 0 aromatic carbocycles. The number of carbonyl (C=O) groups is 2. The quantitative estimate of drug-likeness (QED) is 0.279. The van der Waals surface area contributed by atoms with E-state index in [1.165, 1.54) is 38.5 Å². The zero-order chi connectivity index (χ0) is 20.5. The topological polar surface area (TPSA) is 85.8 Å². The van der Waals surface area contributed by atoms with Crippen molar-refractivity contribution in [1.82, 2.24) is 20.9 Å². The summed E-state index contributed by atoms with van der Waals surface area (Å²) in [6.45, 7) is 4.45. The van der Waals surface area contributed by atoms with Gasteiger partial charge in [-0.05, 0) is 39.0 Å². The van der Waals surface area contributed by atoms with Gasteiger partial charge in [0, 0.05) is 37.6 Å². The summed E-state index contributed by atoms with van der Waals surface area (Å²) in [5.74, 6) is 1.23. The van der Waals surface area contributed by atoms with E-state index in [-0.39, 0.29) is 48.4 Å². The molecule has 0 aromatic heterocycles. The van der Waals surface area contributed by atoms with Crippen LogP contribution in [0.3, 0.4) is 0 Å². The van der Waals surface area contributed by atoms with E-state index in [0.717, 1.165) is 51.7 Å². The molecule has 1 unspecified atom stereocenters. The van der Waals surface area contributed by atoms with Crippen molar-refractivity contribution in [1.29, 1.82) is 0 Å². The number of aliphatic imine (C=N–C) groups is 1. The van der Waals surface area contributed by atoms with Gasteiger partial charge >= 0.3 is 0 Å². The number of amides is 2. The Morgan fingerprint density at radius 3 is 2.23 bits per heavy atom. The summed E-state index contributed by atoms with van der Waals surface area (Å²) in [5.41, 5.74) is 0. The molecule has 1 atom stereocenters. The lowest BCUT2D eigenvalue weighted by Crippen LogP contribution is -2.46. The Balaban J connectivity index is 0.00000320. The van der Waals surface area contributed by atoms with Crippen LogP contribution in [0.15, 0.2) is 4.99 Å². The summed E-state index contributed by atoms with van der Waals surface area (Å²) in [7, 11) is 0. The standard InChI is InChI=1S/C22H39N5O2.HI/c1-2-23-22(24-15-20(28)25-18-11-7-4-8-12-18)26-19-13-14-27(16-19)21(29)17-9-5-3-6-10-17;/h17-19H,2-16H2,1H3,(H,25,28)(H2,23,24,26);1H. The summed E-state index contributed by atoms with van der Waals surface area (Å²) < 4.78 is 0. The van der Waals surface area contributed by atoms with Gasteiger partial charge < -0.3 is 20.9 Å². The minimum absolute atomic E-state index is 0. The van der Waals surface area contributed by atoms with Gasteiger partial charge in [0.2, 0.25) is 11.8 Å². The van der Waals surface area contributed by atoms with Crippen LogP contribution >= 0.6 is 24.0 Å². The molecule has 3 N–H and O–H groups in total. The summed E-state index contributed by atoms with van der Waals surface area (Å²) in [6, 6.07) is 0.512. The lowest BCUT2D eigenvalue weighted by molar-refractivity contribution is -0.135. The number of hydrogen-bond donors (Lipinski definition) is 3. The van der Waals surface area contributed by atoms with Gasteiger partial charge in [0.15, 0.2) is 5.96 Å². The van der Waals surface area contributed by atoms with Crippen molar-refractivity contribution in [3.63, 3.8) is 0 Å². The average molecular weight is 533 g/mol. The normalized spacial score (nSPS) is 23.6. The van der Waals surface area contributed by atoms with Gasteiger partial charge in [-0.2, -0.15) is 0 Å². The average Bonchev–Trinajstić information content (AvgIpc) is 3.21. The smallest absolute Gasteiger partial charge is 0.242 e. The molecule has 2 saturated carbocycles. The van der Waals surface area contributed by atoms with Gasteiger partial charge in [0.25, 0.3) is 0 Å². The first kappa shape index (κ1) is 25.2. The maximum atomic E-state index is 12.8. The van der Waals surface area contributed by atoms with Gasteiger partial charge in [0.05, 0.1) is 0 Å². The molecule has 0 bridgehead atoms. The van der Waals surface area contributed by atoms with Gasteiger partial charge in [0.1, 0.15) is 6.54 Å². The fraction of sp³-hybridized carbons (Fsp3) is 0.864. The monoisotopic (exact) mass is 533 g/mol. The number of rotatable bonds is 6. The molecule has 3 aliphatic rings. The molecule has 2 amide bonds. The fourth-order valence-corrected chi connectivity index (χ4v) is 4.87. The molecule has 30 heavy (non-hydrogen) atoms. The molecule has 1 aliphatic heterocycles. The molecule has 0 aromatic rings. The molecule has 0 radical (unpaired) electrons. The van der Waals surface area contributed by atoms with Crippen molar-refractivity contribution in [2.75, 3.05) is 26.2 Å².